The summed E-state index contributed by atoms with van der Waals surface area (Å²) in [4.78, 5) is 4.39. The maximum absolute atomic E-state index is 14.0. The SMILES string of the molecule is CCN1CC(F)(CN2CCNCC2)C1. The van der Waals surface area contributed by atoms with Crippen LogP contribution in [0.3, 0.4) is 0 Å². The van der Waals surface area contributed by atoms with Crippen molar-refractivity contribution < 1.29 is 4.39 Å². The summed E-state index contributed by atoms with van der Waals surface area (Å²) in [6.45, 7) is 8.97. The zero-order valence-electron chi connectivity index (χ0n) is 8.93. The van der Waals surface area contributed by atoms with Crippen molar-refractivity contribution in [1.82, 2.24) is 15.1 Å². The number of halogens is 1. The first-order chi connectivity index (χ1) is 6.72. The van der Waals surface area contributed by atoms with Gasteiger partial charge in [0.1, 0.15) is 5.67 Å². The fraction of sp³-hybridized carbons (Fsp3) is 1.00. The van der Waals surface area contributed by atoms with Gasteiger partial charge in [-0.3, -0.25) is 9.80 Å². The number of likely N-dealkylation sites (tertiary alicyclic amines) is 1. The number of piperazine rings is 1. The lowest BCUT2D eigenvalue weighted by Gasteiger charge is -2.46. The second-order valence-corrected chi connectivity index (χ2v) is 4.48. The van der Waals surface area contributed by atoms with Crippen LogP contribution >= 0.6 is 0 Å². The van der Waals surface area contributed by atoms with Crippen molar-refractivity contribution in [2.75, 3.05) is 52.4 Å². The van der Waals surface area contributed by atoms with Crippen LogP contribution in [-0.2, 0) is 0 Å². The highest BCUT2D eigenvalue weighted by atomic mass is 19.1. The molecule has 0 aromatic rings. The summed E-state index contributed by atoms with van der Waals surface area (Å²) in [6, 6.07) is 0. The monoisotopic (exact) mass is 201 g/mol. The van der Waals surface area contributed by atoms with Gasteiger partial charge in [0.25, 0.3) is 0 Å². The van der Waals surface area contributed by atoms with Gasteiger partial charge in [-0.1, -0.05) is 6.92 Å². The van der Waals surface area contributed by atoms with Crippen molar-refractivity contribution in [3.63, 3.8) is 0 Å². The first-order valence-electron chi connectivity index (χ1n) is 5.56. The van der Waals surface area contributed by atoms with E-state index < -0.39 is 5.67 Å². The topological polar surface area (TPSA) is 18.5 Å². The Morgan fingerprint density at radius 2 is 1.86 bits per heavy atom. The summed E-state index contributed by atoms with van der Waals surface area (Å²) in [5.74, 6) is 0. The molecule has 2 heterocycles. The van der Waals surface area contributed by atoms with Crippen molar-refractivity contribution >= 4 is 0 Å². The molecule has 0 radical (unpaired) electrons. The van der Waals surface area contributed by atoms with Gasteiger partial charge in [0.05, 0.1) is 0 Å². The Labute approximate surface area is 85.2 Å². The largest absolute Gasteiger partial charge is 0.314 e. The van der Waals surface area contributed by atoms with E-state index in [1.165, 1.54) is 0 Å². The maximum atomic E-state index is 14.0. The molecule has 14 heavy (non-hydrogen) atoms. The summed E-state index contributed by atoms with van der Waals surface area (Å²) in [6.07, 6.45) is 0. The number of nitrogens with zero attached hydrogens (tertiary/aromatic N) is 2. The summed E-state index contributed by atoms with van der Waals surface area (Å²) in [7, 11) is 0. The Morgan fingerprint density at radius 1 is 1.21 bits per heavy atom. The first kappa shape index (κ1) is 10.3. The average Bonchev–Trinajstić information content (AvgIpc) is 2.15. The zero-order valence-corrected chi connectivity index (χ0v) is 8.93. The van der Waals surface area contributed by atoms with Crippen molar-refractivity contribution in [3.05, 3.63) is 0 Å². The Kier molecular flexibility index (Phi) is 3.04. The van der Waals surface area contributed by atoms with Gasteiger partial charge >= 0.3 is 0 Å². The van der Waals surface area contributed by atoms with Crippen molar-refractivity contribution in [2.24, 2.45) is 0 Å². The number of hydrogen-bond donors (Lipinski definition) is 1. The minimum absolute atomic E-state index is 0.630. The van der Waals surface area contributed by atoms with Crippen molar-refractivity contribution in [3.8, 4) is 0 Å². The van der Waals surface area contributed by atoms with Crippen LogP contribution in [0.15, 0.2) is 0 Å². The molecular formula is C10H20FN3. The fourth-order valence-corrected chi connectivity index (χ4v) is 2.35. The normalized spacial score (nSPS) is 28.7. The van der Waals surface area contributed by atoms with Crippen LogP contribution in [0.4, 0.5) is 4.39 Å². The van der Waals surface area contributed by atoms with Gasteiger partial charge < -0.3 is 5.32 Å². The lowest BCUT2D eigenvalue weighted by molar-refractivity contribution is -0.0522. The van der Waals surface area contributed by atoms with E-state index in [9.17, 15) is 4.39 Å². The minimum Gasteiger partial charge on any atom is -0.314 e. The Morgan fingerprint density at radius 3 is 2.43 bits per heavy atom. The van der Waals surface area contributed by atoms with Gasteiger partial charge in [-0.05, 0) is 6.54 Å². The second-order valence-electron chi connectivity index (χ2n) is 4.48. The van der Waals surface area contributed by atoms with E-state index in [2.05, 4.69) is 22.0 Å². The third-order valence-electron chi connectivity index (χ3n) is 3.18. The molecule has 0 unspecified atom stereocenters. The van der Waals surface area contributed by atoms with Crippen LogP contribution in [0.5, 0.6) is 0 Å². The van der Waals surface area contributed by atoms with Gasteiger partial charge in [-0.15, -0.1) is 0 Å². The smallest absolute Gasteiger partial charge is 0.148 e. The first-order valence-corrected chi connectivity index (χ1v) is 5.56. The van der Waals surface area contributed by atoms with Crippen LogP contribution in [0.2, 0.25) is 0 Å². The third kappa shape index (κ3) is 2.24. The molecule has 1 N–H and O–H groups in total. The Balaban J connectivity index is 1.74. The third-order valence-corrected chi connectivity index (χ3v) is 3.18. The van der Waals surface area contributed by atoms with Crippen LogP contribution in [0.1, 0.15) is 6.92 Å². The highest BCUT2D eigenvalue weighted by Crippen LogP contribution is 2.26. The standard InChI is InChI=1S/C10H20FN3/c1-2-13-7-10(11,8-13)9-14-5-3-12-4-6-14/h12H,2-9H2,1H3. The van der Waals surface area contributed by atoms with Gasteiger partial charge in [0, 0.05) is 45.8 Å². The molecule has 2 aliphatic rings. The molecule has 0 bridgehead atoms. The van der Waals surface area contributed by atoms with E-state index in [0.717, 1.165) is 32.7 Å². The number of hydrogen-bond acceptors (Lipinski definition) is 3. The van der Waals surface area contributed by atoms with Gasteiger partial charge in [0.2, 0.25) is 0 Å². The second kappa shape index (κ2) is 4.13. The molecule has 2 aliphatic heterocycles. The summed E-state index contributed by atoms with van der Waals surface area (Å²) < 4.78 is 14.0. The van der Waals surface area contributed by atoms with Crippen LogP contribution in [0, 0.1) is 0 Å². The molecule has 2 fully saturated rings. The van der Waals surface area contributed by atoms with E-state index in [0.29, 0.717) is 19.6 Å². The number of alkyl halides is 1. The van der Waals surface area contributed by atoms with Crippen molar-refractivity contribution in [1.29, 1.82) is 0 Å². The molecule has 0 atom stereocenters. The van der Waals surface area contributed by atoms with Crippen LogP contribution < -0.4 is 5.32 Å². The summed E-state index contributed by atoms with van der Waals surface area (Å²) in [5, 5.41) is 3.28. The molecule has 2 saturated heterocycles. The van der Waals surface area contributed by atoms with Gasteiger partial charge in [-0.25, -0.2) is 4.39 Å². The van der Waals surface area contributed by atoms with Gasteiger partial charge in [0.15, 0.2) is 0 Å². The molecule has 0 aliphatic carbocycles. The predicted octanol–water partition coefficient (Wildman–Crippen LogP) is -0.0646. The molecule has 4 heteroatoms. The minimum atomic E-state index is -0.923. The molecular weight excluding hydrogens is 181 g/mol. The van der Waals surface area contributed by atoms with Crippen LogP contribution in [0.25, 0.3) is 0 Å². The molecule has 0 amide bonds. The molecule has 0 aromatic carbocycles. The average molecular weight is 201 g/mol. The van der Waals surface area contributed by atoms with Crippen molar-refractivity contribution in [2.45, 2.75) is 12.6 Å². The zero-order chi connectivity index (χ0) is 10.0. The fourth-order valence-electron chi connectivity index (χ4n) is 2.35. The Bertz CT molecular complexity index is 186. The summed E-state index contributed by atoms with van der Waals surface area (Å²) in [5.41, 5.74) is -0.923. The number of rotatable bonds is 3. The molecule has 2 rings (SSSR count). The van der Waals surface area contributed by atoms with E-state index in [1.54, 1.807) is 0 Å². The lowest BCUT2D eigenvalue weighted by atomic mass is 9.95. The maximum Gasteiger partial charge on any atom is 0.148 e. The molecule has 0 spiro atoms. The predicted molar refractivity (Wildman–Crippen MR) is 55.3 cm³/mol. The molecule has 0 saturated carbocycles. The summed E-state index contributed by atoms with van der Waals surface area (Å²) >= 11 is 0. The molecule has 0 aromatic heterocycles. The van der Waals surface area contributed by atoms with E-state index in [-0.39, 0.29) is 0 Å². The quantitative estimate of drug-likeness (QED) is 0.690. The highest BCUT2D eigenvalue weighted by molar-refractivity contribution is 4.98. The van der Waals surface area contributed by atoms with E-state index >= 15 is 0 Å². The number of nitrogens with one attached hydrogen (secondary N) is 1. The lowest BCUT2D eigenvalue weighted by Crippen LogP contribution is -2.64. The van der Waals surface area contributed by atoms with E-state index in [1.807, 2.05) is 0 Å². The molecule has 3 nitrogen and oxygen atoms in total. The Hall–Kier alpha value is -0.190. The van der Waals surface area contributed by atoms with Gasteiger partial charge in [-0.2, -0.15) is 0 Å². The molecule has 82 valence electrons. The van der Waals surface area contributed by atoms with Crippen LogP contribution in [-0.4, -0.2) is 67.8 Å². The van der Waals surface area contributed by atoms with E-state index in [4.69, 9.17) is 0 Å². The highest BCUT2D eigenvalue weighted by Gasteiger charge is 2.43.